The minimum Gasteiger partial charge on any atom is -0.321 e. The summed E-state index contributed by atoms with van der Waals surface area (Å²) >= 11 is 5.79. The van der Waals surface area contributed by atoms with E-state index in [9.17, 15) is 4.39 Å². The first-order chi connectivity index (χ1) is 6.12. The molecule has 1 nitrogen and oxygen atoms in total. The predicted octanol–water partition coefficient (Wildman–Crippen LogP) is 2.31. The first-order valence-corrected chi connectivity index (χ1v) is 5.03. The summed E-state index contributed by atoms with van der Waals surface area (Å²) in [6.07, 6.45) is 7.11. The van der Waals surface area contributed by atoms with Gasteiger partial charge in [0.25, 0.3) is 0 Å². The summed E-state index contributed by atoms with van der Waals surface area (Å²) in [7, 11) is 0. The lowest BCUT2D eigenvalue weighted by molar-refractivity contribution is 0.299. The van der Waals surface area contributed by atoms with Gasteiger partial charge in [-0.15, -0.1) is 11.6 Å². The number of hydrogen-bond acceptors (Lipinski definition) is 1. The standard InChI is InChI=1S/C10H13ClFN/c11-8-6-7(2-3-9(8)12)10(13)4-1-5-10/h2-3,6,8-9H,1,4-5,13H2. The Bertz CT molecular complexity index is 268. The van der Waals surface area contributed by atoms with Crippen LogP contribution in [-0.4, -0.2) is 17.1 Å². The second-order valence-corrected chi connectivity index (χ2v) is 4.38. The van der Waals surface area contributed by atoms with E-state index >= 15 is 0 Å². The SMILES string of the molecule is NC1(C2=CC(Cl)C(F)C=C2)CCC1. The Labute approximate surface area is 82.4 Å². The molecular weight excluding hydrogens is 189 g/mol. The van der Waals surface area contributed by atoms with Crippen molar-refractivity contribution in [2.45, 2.75) is 36.4 Å². The molecule has 2 unspecified atom stereocenters. The molecule has 0 aromatic rings. The van der Waals surface area contributed by atoms with Gasteiger partial charge in [-0.2, -0.15) is 0 Å². The fourth-order valence-corrected chi connectivity index (χ4v) is 2.02. The van der Waals surface area contributed by atoms with Crippen molar-refractivity contribution in [2.75, 3.05) is 0 Å². The fourth-order valence-electron chi connectivity index (χ4n) is 1.80. The van der Waals surface area contributed by atoms with Gasteiger partial charge >= 0.3 is 0 Å². The summed E-state index contributed by atoms with van der Waals surface area (Å²) in [5.41, 5.74) is 6.87. The Kier molecular flexibility index (Phi) is 2.20. The summed E-state index contributed by atoms with van der Waals surface area (Å²) in [6.45, 7) is 0. The second kappa shape index (κ2) is 3.10. The Balaban J connectivity index is 2.17. The normalized spacial score (nSPS) is 36.7. The van der Waals surface area contributed by atoms with Gasteiger partial charge in [0.2, 0.25) is 0 Å². The minimum atomic E-state index is -1.06. The molecule has 72 valence electrons. The summed E-state index contributed by atoms with van der Waals surface area (Å²) in [6, 6.07) is 0. The number of alkyl halides is 2. The summed E-state index contributed by atoms with van der Waals surface area (Å²) < 4.78 is 13.0. The number of halogens is 2. The smallest absolute Gasteiger partial charge is 0.138 e. The highest BCUT2D eigenvalue weighted by Gasteiger charge is 2.37. The zero-order valence-electron chi connectivity index (χ0n) is 7.34. The molecule has 2 rings (SSSR count). The third-order valence-corrected chi connectivity index (χ3v) is 3.29. The van der Waals surface area contributed by atoms with E-state index in [1.54, 1.807) is 12.2 Å². The average Bonchev–Trinajstić information content (AvgIpc) is 2.06. The molecule has 2 aliphatic carbocycles. The lowest BCUT2D eigenvalue weighted by atomic mass is 9.71. The highest BCUT2D eigenvalue weighted by molar-refractivity contribution is 6.22. The fraction of sp³-hybridized carbons (Fsp3) is 0.600. The van der Waals surface area contributed by atoms with Crippen LogP contribution in [0.25, 0.3) is 0 Å². The van der Waals surface area contributed by atoms with E-state index in [0.29, 0.717) is 0 Å². The quantitative estimate of drug-likeness (QED) is 0.648. The van der Waals surface area contributed by atoms with Crippen LogP contribution in [0, 0.1) is 0 Å². The minimum absolute atomic E-state index is 0.218. The molecule has 0 aromatic carbocycles. The zero-order valence-corrected chi connectivity index (χ0v) is 8.10. The maximum Gasteiger partial charge on any atom is 0.138 e. The second-order valence-electron chi connectivity index (χ2n) is 3.88. The maximum atomic E-state index is 13.0. The van der Waals surface area contributed by atoms with Crippen LogP contribution in [0.5, 0.6) is 0 Å². The van der Waals surface area contributed by atoms with Crippen molar-refractivity contribution in [2.24, 2.45) is 5.73 Å². The number of rotatable bonds is 1. The number of hydrogen-bond donors (Lipinski definition) is 1. The van der Waals surface area contributed by atoms with Crippen LogP contribution in [0.4, 0.5) is 4.39 Å². The van der Waals surface area contributed by atoms with E-state index in [1.165, 1.54) is 6.08 Å². The van der Waals surface area contributed by atoms with Gasteiger partial charge in [0.1, 0.15) is 6.17 Å². The van der Waals surface area contributed by atoms with Gasteiger partial charge in [0.05, 0.1) is 5.38 Å². The number of nitrogens with two attached hydrogens (primary N) is 1. The predicted molar refractivity (Wildman–Crippen MR) is 52.5 cm³/mol. The Morgan fingerprint density at radius 2 is 2.23 bits per heavy atom. The molecule has 0 heterocycles. The number of allylic oxidation sites excluding steroid dienone is 2. The van der Waals surface area contributed by atoms with Crippen LogP contribution in [-0.2, 0) is 0 Å². The molecule has 1 saturated carbocycles. The maximum absolute atomic E-state index is 13.0. The van der Waals surface area contributed by atoms with E-state index in [1.807, 2.05) is 0 Å². The van der Waals surface area contributed by atoms with Gasteiger partial charge in [-0.1, -0.05) is 12.2 Å². The molecule has 0 aliphatic heterocycles. The van der Waals surface area contributed by atoms with Crippen LogP contribution >= 0.6 is 11.6 Å². The lowest BCUT2D eigenvalue weighted by Crippen LogP contribution is -2.48. The average molecular weight is 202 g/mol. The molecule has 0 amide bonds. The first-order valence-electron chi connectivity index (χ1n) is 4.59. The molecule has 1 fully saturated rings. The molecule has 3 heteroatoms. The largest absolute Gasteiger partial charge is 0.321 e. The van der Waals surface area contributed by atoms with Crippen molar-refractivity contribution in [3.8, 4) is 0 Å². The molecule has 2 atom stereocenters. The van der Waals surface area contributed by atoms with E-state index in [2.05, 4.69) is 0 Å². The summed E-state index contributed by atoms with van der Waals surface area (Å²) in [5.74, 6) is 0. The van der Waals surface area contributed by atoms with Crippen LogP contribution in [0.3, 0.4) is 0 Å². The van der Waals surface area contributed by atoms with Crippen LogP contribution < -0.4 is 5.73 Å². The molecular formula is C10H13ClFN. The van der Waals surface area contributed by atoms with Gasteiger partial charge in [-0.25, -0.2) is 4.39 Å². The molecule has 13 heavy (non-hydrogen) atoms. The molecule has 0 aromatic heterocycles. The van der Waals surface area contributed by atoms with E-state index in [-0.39, 0.29) is 5.54 Å². The third-order valence-electron chi connectivity index (χ3n) is 2.92. The van der Waals surface area contributed by atoms with E-state index < -0.39 is 11.5 Å². The van der Waals surface area contributed by atoms with Gasteiger partial charge in [-0.05, 0) is 30.9 Å². The van der Waals surface area contributed by atoms with Gasteiger partial charge in [0, 0.05) is 5.54 Å². The Morgan fingerprint density at radius 3 is 2.69 bits per heavy atom. The topological polar surface area (TPSA) is 26.0 Å². The first kappa shape index (κ1) is 9.22. The van der Waals surface area contributed by atoms with Crippen LogP contribution in [0.1, 0.15) is 19.3 Å². The molecule has 2 aliphatic rings. The highest BCUT2D eigenvalue weighted by Crippen LogP contribution is 2.38. The molecule has 0 saturated heterocycles. The van der Waals surface area contributed by atoms with Crippen molar-refractivity contribution in [1.29, 1.82) is 0 Å². The van der Waals surface area contributed by atoms with Gasteiger partial charge in [0.15, 0.2) is 0 Å². The Hall–Kier alpha value is -0.340. The Morgan fingerprint density at radius 1 is 1.54 bits per heavy atom. The highest BCUT2D eigenvalue weighted by atomic mass is 35.5. The van der Waals surface area contributed by atoms with Crippen molar-refractivity contribution in [3.05, 3.63) is 23.8 Å². The van der Waals surface area contributed by atoms with Gasteiger partial charge < -0.3 is 5.73 Å². The molecule has 2 N–H and O–H groups in total. The van der Waals surface area contributed by atoms with Gasteiger partial charge in [-0.3, -0.25) is 0 Å². The van der Waals surface area contributed by atoms with Crippen molar-refractivity contribution in [1.82, 2.24) is 0 Å². The molecule has 0 spiro atoms. The summed E-state index contributed by atoms with van der Waals surface area (Å²) in [5, 5.41) is -0.541. The van der Waals surface area contributed by atoms with E-state index in [0.717, 1.165) is 24.8 Å². The van der Waals surface area contributed by atoms with Crippen LogP contribution in [0.15, 0.2) is 23.8 Å². The zero-order chi connectivity index (χ0) is 9.47. The van der Waals surface area contributed by atoms with Crippen molar-refractivity contribution < 1.29 is 4.39 Å². The molecule has 0 bridgehead atoms. The van der Waals surface area contributed by atoms with Crippen molar-refractivity contribution >= 4 is 11.6 Å². The van der Waals surface area contributed by atoms with Crippen molar-refractivity contribution in [3.63, 3.8) is 0 Å². The van der Waals surface area contributed by atoms with E-state index in [4.69, 9.17) is 17.3 Å². The monoisotopic (exact) mass is 201 g/mol. The summed E-state index contributed by atoms with van der Waals surface area (Å²) in [4.78, 5) is 0. The third kappa shape index (κ3) is 1.53. The molecule has 0 radical (unpaired) electrons. The lowest BCUT2D eigenvalue weighted by Gasteiger charge is -2.40. The van der Waals surface area contributed by atoms with Crippen LogP contribution in [0.2, 0.25) is 0 Å².